The molecule has 2 N–H and O–H groups in total. The van der Waals surface area contributed by atoms with Crippen LogP contribution in [-0.4, -0.2) is 40.8 Å². The summed E-state index contributed by atoms with van der Waals surface area (Å²) < 4.78 is 0. The summed E-state index contributed by atoms with van der Waals surface area (Å²) in [6.07, 6.45) is 6.70. The van der Waals surface area contributed by atoms with Gasteiger partial charge in [-0.05, 0) is 36.6 Å². The van der Waals surface area contributed by atoms with Crippen molar-refractivity contribution in [2.45, 2.75) is 19.4 Å². The molecular weight excluding hydrogens is 352 g/mol. The van der Waals surface area contributed by atoms with Gasteiger partial charge in [-0.1, -0.05) is 13.5 Å². The van der Waals surface area contributed by atoms with Crippen molar-refractivity contribution >= 4 is 17.3 Å². The van der Waals surface area contributed by atoms with Crippen LogP contribution in [0.4, 0.5) is 17.3 Å². The van der Waals surface area contributed by atoms with Gasteiger partial charge in [0, 0.05) is 37.1 Å². The number of nitrogens with zero attached hydrogens (tertiary/aromatic N) is 5. The van der Waals surface area contributed by atoms with Crippen LogP contribution >= 0.6 is 0 Å². The van der Waals surface area contributed by atoms with E-state index >= 15 is 0 Å². The van der Waals surface area contributed by atoms with Crippen LogP contribution in [-0.2, 0) is 0 Å². The van der Waals surface area contributed by atoms with Crippen molar-refractivity contribution in [1.82, 2.24) is 15.4 Å². The maximum Gasteiger partial charge on any atom is 0.134 e. The van der Waals surface area contributed by atoms with Crippen molar-refractivity contribution in [3.05, 3.63) is 60.7 Å². The van der Waals surface area contributed by atoms with Crippen molar-refractivity contribution in [3.63, 3.8) is 0 Å². The van der Waals surface area contributed by atoms with Crippen molar-refractivity contribution in [3.8, 4) is 5.75 Å². The third-order valence-corrected chi connectivity index (χ3v) is 5.73. The summed E-state index contributed by atoms with van der Waals surface area (Å²) in [4.78, 5) is 13.4. The second-order valence-corrected chi connectivity index (χ2v) is 7.78. The molecule has 0 aliphatic carbocycles. The van der Waals surface area contributed by atoms with Gasteiger partial charge in [-0.3, -0.25) is 5.01 Å². The minimum absolute atomic E-state index is 0.155. The van der Waals surface area contributed by atoms with E-state index in [1.165, 1.54) is 12.6 Å². The van der Waals surface area contributed by atoms with Crippen LogP contribution in [0.3, 0.4) is 0 Å². The Bertz CT molecular complexity index is 923. The molecule has 2 saturated heterocycles. The summed E-state index contributed by atoms with van der Waals surface area (Å²) in [7, 11) is 0. The molecule has 7 nitrogen and oxygen atoms in total. The summed E-state index contributed by atoms with van der Waals surface area (Å²) >= 11 is 0. The molecule has 0 radical (unpaired) electrons. The Morgan fingerprint density at radius 1 is 1.11 bits per heavy atom. The number of hydrogen-bond donors (Lipinski definition) is 2. The predicted octanol–water partition coefficient (Wildman–Crippen LogP) is 2.64. The van der Waals surface area contributed by atoms with E-state index in [9.17, 15) is 5.11 Å². The predicted molar refractivity (Wildman–Crippen MR) is 110 cm³/mol. The first-order chi connectivity index (χ1) is 13.6. The van der Waals surface area contributed by atoms with E-state index in [2.05, 4.69) is 57.0 Å². The van der Waals surface area contributed by atoms with Crippen LogP contribution in [0.15, 0.2) is 60.7 Å². The Labute approximate surface area is 164 Å². The highest BCUT2D eigenvalue weighted by Gasteiger charge is 2.37. The van der Waals surface area contributed by atoms with Crippen LogP contribution in [0.25, 0.3) is 0 Å². The molecule has 0 saturated carbocycles. The molecular formula is C21H24N6O. The lowest BCUT2D eigenvalue weighted by atomic mass is 10.2. The van der Waals surface area contributed by atoms with E-state index in [0.29, 0.717) is 0 Å². The van der Waals surface area contributed by atoms with E-state index in [-0.39, 0.29) is 11.8 Å². The highest BCUT2D eigenvalue weighted by Crippen LogP contribution is 2.35. The molecule has 2 aromatic rings. The molecule has 7 heteroatoms. The summed E-state index contributed by atoms with van der Waals surface area (Å²) in [5.41, 5.74) is 6.60. The number of anilines is 3. The van der Waals surface area contributed by atoms with Crippen molar-refractivity contribution < 1.29 is 5.11 Å². The molecule has 0 aromatic carbocycles. The van der Waals surface area contributed by atoms with Crippen LogP contribution in [0.2, 0.25) is 0 Å². The first kappa shape index (κ1) is 17.1. The number of aromatic hydroxyl groups is 1. The first-order valence-electron chi connectivity index (χ1n) is 9.68. The van der Waals surface area contributed by atoms with Crippen LogP contribution in [0.5, 0.6) is 5.75 Å². The fourth-order valence-corrected chi connectivity index (χ4v) is 4.14. The molecule has 0 bridgehead atoms. The quantitative estimate of drug-likeness (QED) is 0.853. The Balaban J connectivity index is 1.31. The number of hydrazine groups is 1. The lowest BCUT2D eigenvalue weighted by Crippen LogP contribution is -2.39. The second-order valence-electron chi connectivity index (χ2n) is 7.78. The van der Waals surface area contributed by atoms with Gasteiger partial charge >= 0.3 is 0 Å². The monoisotopic (exact) mass is 376 g/mol. The summed E-state index contributed by atoms with van der Waals surface area (Å²) in [6, 6.07) is 7.82. The molecule has 28 heavy (non-hydrogen) atoms. The number of fused-ring (bicyclic) bond motifs is 1. The van der Waals surface area contributed by atoms with Crippen molar-refractivity contribution in [2.75, 3.05) is 34.4 Å². The molecule has 5 rings (SSSR count). The molecule has 3 aliphatic rings. The van der Waals surface area contributed by atoms with Gasteiger partial charge in [0.25, 0.3) is 0 Å². The smallest absolute Gasteiger partial charge is 0.134 e. The van der Waals surface area contributed by atoms with Gasteiger partial charge in [-0.25, -0.2) is 15.4 Å². The summed E-state index contributed by atoms with van der Waals surface area (Å²) in [5, 5.41) is 11.5. The average Bonchev–Trinajstić information content (AvgIpc) is 3.39. The lowest BCUT2D eigenvalue weighted by Gasteiger charge is -2.23. The third kappa shape index (κ3) is 2.88. The molecule has 2 atom stereocenters. The standard InChI is InChI=1S/C21H24N6O/c1-14-7-8-25(11-14)20-5-3-16(9-22-20)27-12-18-15(2)26(13-19(18)24-27)21-6-4-17(28)10-23-21/h3-6,9-10,12,14,19,24,28H,2,7-8,11,13H2,1H3/t14-,19?/m0/s1. The maximum absolute atomic E-state index is 9.45. The highest BCUT2D eigenvalue weighted by atomic mass is 16.3. The van der Waals surface area contributed by atoms with E-state index < -0.39 is 0 Å². The fourth-order valence-electron chi connectivity index (χ4n) is 4.14. The molecule has 3 aliphatic heterocycles. The number of hydrogen-bond acceptors (Lipinski definition) is 7. The zero-order valence-electron chi connectivity index (χ0n) is 15.9. The van der Waals surface area contributed by atoms with Crippen molar-refractivity contribution in [2.24, 2.45) is 5.92 Å². The average molecular weight is 376 g/mol. The van der Waals surface area contributed by atoms with E-state index in [0.717, 1.165) is 54.1 Å². The SMILES string of the molecule is C=C1C2=CN(c3ccc(N4CC[C@H](C)C4)nc3)NC2CN1c1ccc(O)cn1. The Morgan fingerprint density at radius 2 is 1.93 bits per heavy atom. The Morgan fingerprint density at radius 3 is 2.57 bits per heavy atom. The Hall–Kier alpha value is -3.06. The summed E-state index contributed by atoms with van der Waals surface area (Å²) in [6.45, 7) is 9.45. The van der Waals surface area contributed by atoms with Gasteiger partial charge in [0.15, 0.2) is 0 Å². The van der Waals surface area contributed by atoms with Gasteiger partial charge in [0.05, 0.1) is 24.1 Å². The zero-order valence-corrected chi connectivity index (χ0v) is 15.9. The number of nitrogens with one attached hydrogen (secondary N) is 1. The van der Waals surface area contributed by atoms with Crippen LogP contribution in [0, 0.1) is 5.92 Å². The number of pyridine rings is 2. The van der Waals surface area contributed by atoms with E-state index in [1.807, 2.05) is 17.3 Å². The normalized spacial score (nSPS) is 24.1. The van der Waals surface area contributed by atoms with Gasteiger partial charge in [0.2, 0.25) is 0 Å². The van der Waals surface area contributed by atoms with Gasteiger partial charge < -0.3 is 14.9 Å². The second kappa shape index (κ2) is 6.53. The van der Waals surface area contributed by atoms with Crippen LogP contribution < -0.4 is 20.2 Å². The third-order valence-electron chi connectivity index (χ3n) is 5.73. The molecule has 0 amide bonds. The number of rotatable bonds is 3. The largest absolute Gasteiger partial charge is 0.506 e. The molecule has 0 spiro atoms. The zero-order chi connectivity index (χ0) is 19.3. The summed E-state index contributed by atoms with van der Waals surface area (Å²) in [5.74, 6) is 2.74. The van der Waals surface area contributed by atoms with Crippen LogP contribution in [0.1, 0.15) is 13.3 Å². The topological polar surface area (TPSA) is 67.8 Å². The Kier molecular flexibility index (Phi) is 3.98. The highest BCUT2D eigenvalue weighted by molar-refractivity contribution is 5.64. The minimum Gasteiger partial charge on any atom is -0.506 e. The molecule has 1 unspecified atom stereocenters. The van der Waals surface area contributed by atoms with E-state index in [1.54, 1.807) is 6.07 Å². The van der Waals surface area contributed by atoms with Crippen molar-refractivity contribution in [1.29, 1.82) is 0 Å². The first-order valence-corrected chi connectivity index (χ1v) is 9.68. The van der Waals surface area contributed by atoms with E-state index in [4.69, 9.17) is 0 Å². The maximum atomic E-state index is 9.45. The van der Waals surface area contributed by atoms with Gasteiger partial charge in [0.1, 0.15) is 17.4 Å². The minimum atomic E-state index is 0.155. The fraction of sp³-hybridized carbons (Fsp3) is 0.333. The molecule has 2 aromatic heterocycles. The number of aromatic nitrogens is 2. The molecule has 5 heterocycles. The lowest BCUT2D eigenvalue weighted by molar-refractivity contribution is 0.472. The molecule has 144 valence electrons. The van der Waals surface area contributed by atoms with Gasteiger partial charge in [-0.15, -0.1) is 0 Å². The molecule has 2 fully saturated rings. The van der Waals surface area contributed by atoms with Gasteiger partial charge in [-0.2, -0.15) is 0 Å².